The third-order valence-corrected chi connectivity index (χ3v) is 7.88. The Morgan fingerprint density at radius 3 is 2.20 bits per heavy atom. The molecular formula is C35H32F7NO7. The molecule has 8 nitrogen and oxygen atoms in total. The Morgan fingerprint density at radius 1 is 0.960 bits per heavy atom. The molecule has 0 bridgehead atoms. The molecule has 1 aliphatic rings. The Bertz CT molecular complexity index is 1740. The average molecular weight is 712 g/mol. The number of esters is 1. The fourth-order valence-corrected chi connectivity index (χ4v) is 5.40. The van der Waals surface area contributed by atoms with E-state index in [2.05, 4.69) is 6.58 Å². The predicted octanol–water partition coefficient (Wildman–Crippen LogP) is 8.71. The number of carbonyl (C=O) groups excluding carboxylic acids is 3. The molecule has 0 aliphatic carbocycles. The second-order valence-electron chi connectivity index (χ2n) is 11.2. The Kier molecular flexibility index (Phi) is 11.5. The molecule has 1 fully saturated rings. The van der Waals surface area contributed by atoms with Gasteiger partial charge in [-0.05, 0) is 73.4 Å². The molecule has 50 heavy (non-hydrogen) atoms. The number of cyclic esters (lactones) is 1. The van der Waals surface area contributed by atoms with Crippen molar-refractivity contribution < 1.29 is 64.1 Å². The van der Waals surface area contributed by atoms with Gasteiger partial charge in [0.1, 0.15) is 11.9 Å². The Morgan fingerprint density at radius 2 is 1.62 bits per heavy atom. The number of alkyl halides is 6. The van der Waals surface area contributed by atoms with Crippen LogP contribution in [0.1, 0.15) is 65.4 Å². The minimum atomic E-state index is -5.12. The van der Waals surface area contributed by atoms with Crippen molar-refractivity contribution in [2.45, 2.75) is 57.7 Å². The first-order chi connectivity index (χ1) is 23.5. The van der Waals surface area contributed by atoms with Crippen molar-refractivity contribution in [2.75, 3.05) is 20.3 Å². The van der Waals surface area contributed by atoms with E-state index in [1.54, 1.807) is 6.92 Å². The minimum absolute atomic E-state index is 0.0223. The summed E-state index contributed by atoms with van der Waals surface area (Å²) in [4.78, 5) is 38.5. The van der Waals surface area contributed by atoms with Gasteiger partial charge in [0.05, 0.1) is 44.0 Å². The van der Waals surface area contributed by atoms with Gasteiger partial charge in [0.25, 0.3) is 0 Å². The number of nitrogens with zero attached hydrogens (tertiary/aromatic N) is 1. The topological polar surface area (TPSA) is 91.4 Å². The molecule has 0 radical (unpaired) electrons. The highest BCUT2D eigenvalue weighted by atomic mass is 19.4. The Labute approximate surface area is 282 Å². The maximum Gasteiger partial charge on any atom is 0.416 e. The van der Waals surface area contributed by atoms with Crippen molar-refractivity contribution in [2.24, 2.45) is 0 Å². The molecule has 2 atom stereocenters. The van der Waals surface area contributed by atoms with Gasteiger partial charge in [-0.2, -0.15) is 26.3 Å². The summed E-state index contributed by atoms with van der Waals surface area (Å²) in [5.41, 5.74) is -2.67. The third kappa shape index (κ3) is 8.55. The smallest absolute Gasteiger partial charge is 0.416 e. The van der Waals surface area contributed by atoms with Crippen LogP contribution in [0.25, 0.3) is 11.1 Å². The van der Waals surface area contributed by atoms with Gasteiger partial charge in [-0.25, -0.2) is 9.18 Å². The predicted molar refractivity (Wildman–Crippen MR) is 165 cm³/mol. The molecule has 1 saturated heterocycles. The van der Waals surface area contributed by atoms with Gasteiger partial charge < -0.3 is 18.9 Å². The zero-order chi connectivity index (χ0) is 37.0. The largest absolute Gasteiger partial charge is 0.496 e. The number of allylic oxidation sites excluding steroid dienone is 1. The van der Waals surface area contributed by atoms with Gasteiger partial charge in [-0.3, -0.25) is 14.5 Å². The van der Waals surface area contributed by atoms with Crippen LogP contribution >= 0.6 is 0 Å². The number of ketones is 1. The molecule has 0 spiro atoms. The van der Waals surface area contributed by atoms with Crippen LogP contribution < -0.4 is 9.47 Å². The van der Waals surface area contributed by atoms with E-state index < -0.39 is 64.9 Å². The average Bonchev–Trinajstić information content (AvgIpc) is 3.34. The summed E-state index contributed by atoms with van der Waals surface area (Å²) in [5, 5.41) is 0. The van der Waals surface area contributed by atoms with E-state index in [-0.39, 0.29) is 66.9 Å². The van der Waals surface area contributed by atoms with Crippen LogP contribution in [0, 0.1) is 5.82 Å². The van der Waals surface area contributed by atoms with Gasteiger partial charge in [0.2, 0.25) is 0 Å². The number of rotatable bonds is 13. The van der Waals surface area contributed by atoms with Gasteiger partial charge in [0.15, 0.2) is 17.3 Å². The quantitative estimate of drug-likeness (QED) is 0.0576. The minimum Gasteiger partial charge on any atom is -0.496 e. The molecule has 0 N–H and O–H groups in total. The summed E-state index contributed by atoms with van der Waals surface area (Å²) in [5.74, 6) is -1.91. The zero-order valence-corrected chi connectivity index (χ0v) is 27.0. The fraction of sp³-hybridized carbons (Fsp3) is 0.343. The van der Waals surface area contributed by atoms with Gasteiger partial charge >= 0.3 is 24.4 Å². The molecule has 0 aromatic heterocycles. The first kappa shape index (κ1) is 37.7. The number of methoxy groups -OCH3 is 1. The van der Waals surface area contributed by atoms with Crippen molar-refractivity contribution in [3.63, 3.8) is 0 Å². The van der Waals surface area contributed by atoms with Gasteiger partial charge in [0, 0.05) is 23.6 Å². The van der Waals surface area contributed by atoms with Crippen molar-refractivity contribution in [1.29, 1.82) is 0 Å². The SMILES string of the molecule is C=CC(=O)c1ccc(-c2cc(OCCCC(=O)OCC)c(F)cc2OC)c(CN2C(=O)O[C@H](c3cc(C(F)(F)F)cc(C(F)(F)F)c3)[C@@H]2C)c1. The van der Waals surface area contributed by atoms with E-state index in [9.17, 15) is 40.7 Å². The summed E-state index contributed by atoms with van der Waals surface area (Å²) < 4.78 is 118. The summed E-state index contributed by atoms with van der Waals surface area (Å²) >= 11 is 0. The molecule has 15 heteroatoms. The highest BCUT2D eigenvalue weighted by Gasteiger charge is 2.43. The molecule has 1 amide bonds. The summed E-state index contributed by atoms with van der Waals surface area (Å²) in [6.45, 7) is 6.33. The number of hydrogen-bond acceptors (Lipinski definition) is 7. The molecule has 3 aromatic rings. The van der Waals surface area contributed by atoms with Crippen molar-refractivity contribution in [3.05, 3.63) is 94.8 Å². The van der Waals surface area contributed by atoms with Crippen molar-refractivity contribution in [3.8, 4) is 22.6 Å². The van der Waals surface area contributed by atoms with E-state index in [0.717, 1.165) is 17.0 Å². The van der Waals surface area contributed by atoms with Crippen LogP contribution in [0.4, 0.5) is 35.5 Å². The maximum atomic E-state index is 15.0. The zero-order valence-electron chi connectivity index (χ0n) is 27.0. The molecule has 1 heterocycles. The highest BCUT2D eigenvalue weighted by Crippen LogP contribution is 2.43. The van der Waals surface area contributed by atoms with Crippen LogP contribution in [-0.2, 0) is 33.2 Å². The third-order valence-electron chi connectivity index (χ3n) is 7.88. The standard InChI is InChI=1S/C35H32F7NO7/c1-5-28(44)20-9-10-25(26-16-30(27(36)17-29(26)47-4)49-11-7-8-31(45)48-6-2)22(12-20)18-43-19(3)32(50-33(43)46)21-13-23(34(37,38)39)15-24(14-21)35(40,41)42/h5,9-10,12-17,19,32H,1,6-8,11,18H2,2-4H3/t19-,32-/m0/s1. The lowest BCUT2D eigenvalue weighted by atomic mass is 9.94. The van der Waals surface area contributed by atoms with Crippen LogP contribution in [-0.4, -0.2) is 49.1 Å². The normalized spacial score (nSPS) is 16.2. The molecule has 4 rings (SSSR count). The molecule has 1 aliphatic heterocycles. The van der Waals surface area contributed by atoms with Crippen LogP contribution in [0.2, 0.25) is 0 Å². The number of carbonyl (C=O) groups is 3. The van der Waals surface area contributed by atoms with Crippen molar-refractivity contribution in [1.82, 2.24) is 4.90 Å². The monoisotopic (exact) mass is 711 g/mol. The van der Waals surface area contributed by atoms with E-state index in [1.807, 2.05) is 0 Å². The summed E-state index contributed by atoms with van der Waals surface area (Å²) in [7, 11) is 1.28. The first-order valence-electron chi connectivity index (χ1n) is 15.2. The summed E-state index contributed by atoms with van der Waals surface area (Å²) in [6.07, 6.45) is -11.5. The molecule has 268 valence electrons. The van der Waals surface area contributed by atoms with Gasteiger partial charge in [-0.15, -0.1) is 0 Å². The Balaban J connectivity index is 1.73. The molecule has 0 saturated carbocycles. The van der Waals surface area contributed by atoms with E-state index in [1.165, 1.54) is 38.3 Å². The summed E-state index contributed by atoms with van der Waals surface area (Å²) in [6, 6.07) is 6.62. The van der Waals surface area contributed by atoms with Crippen LogP contribution in [0.3, 0.4) is 0 Å². The maximum absolute atomic E-state index is 15.0. The van der Waals surface area contributed by atoms with E-state index in [4.69, 9.17) is 18.9 Å². The second-order valence-corrected chi connectivity index (χ2v) is 11.2. The highest BCUT2D eigenvalue weighted by molar-refractivity contribution is 6.04. The lowest BCUT2D eigenvalue weighted by molar-refractivity contribution is -0.144. The number of ether oxygens (including phenoxy) is 4. The Hall–Kier alpha value is -5.08. The molecule has 0 unspecified atom stereocenters. The molecular weight excluding hydrogens is 679 g/mol. The molecule has 3 aromatic carbocycles. The van der Waals surface area contributed by atoms with Crippen molar-refractivity contribution >= 4 is 17.8 Å². The van der Waals surface area contributed by atoms with Crippen LogP contribution in [0.5, 0.6) is 11.5 Å². The number of halogens is 7. The number of hydrogen-bond donors (Lipinski definition) is 0. The van der Waals surface area contributed by atoms with E-state index >= 15 is 4.39 Å². The number of benzene rings is 3. The van der Waals surface area contributed by atoms with E-state index in [0.29, 0.717) is 17.7 Å². The van der Waals surface area contributed by atoms with Crippen LogP contribution in [0.15, 0.2) is 61.2 Å². The first-order valence-corrected chi connectivity index (χ1v) is 15.2. The number of amides is 1. The lowest BCUT2D eigenvalue weighted by Gasteiger charge is -2.24. The second kappa shape index (κ2) is 15.2. The van der Waals surface area contributed by atoms with Gasteiger partial charge in [-0.1, -0.05) is 18.7 Å². The lowest BCUT2D eigenvalue weighted by Crippen LogP contribution is -2.31. The fourth-order valence-electron chi connectivity index (χ4n) is 5.40.